The fraction of sp³-hybridized carbons (Fsp3) is 0.300. The van der Waals surface area contributed by atoms with E-state index >= 15 is 0 Å². The van der Waals surface area contributed by atoms with Crippen LogP contribution < -0.4 is 11.1 Å². The van der Waals surface area contributed by atoms with Crippen molar-refractivity contribution < 1.29 is 24.3 Å². The molecule has 2 aromatic heterocycles. The molecule has 4 N–H and O–H groups in total. The number of thiazole rings is 2. The number of hydrogen-bond acceptors (Lipinski definition) is 12. The maximum Gasteiger partial charge on any atom is 0.352 e. The summed E-state index contributed by atoms with van der Waals surface area (Å²) in [5.41, 5.74) is 9.04. The lowest BCUT2D eigenvalue weighted by atomic mass is 10.0. The second kappa shape index (κ2) is 9.31. The van der Waals surface area contributed by atoms with E-state index in [4.69, 9.17) is 10.6 Å². The van der Waals surface area contributed by atoms with Crippen molar-refractivity contribution in [3.05, 3.63) is 44.6 Å². The number of anilines is 1. The highest BCUT2D eigenvalue weighted by atomic mass is 32.2. The van der Waals surface area contributed by atoms with Crippen LogP contribution in [-0.2, 0) is 25.8 Å². The molecule has 0 saturated carbocycles. The summed E-state index contributed by atoms with van der Waals surface area (Å²) >= 11 is 4.08. The van der Waals surface area contributed by atoms with Gasteiger partial charge in [-0.05, 0) is 11.6 Å². The predicted molar refractivity (Wildman–Crippen MR) is 131 cm³/mol. The normalized spacial score (nSPS) is 21.4. The van der Waals surface area contributed by atoms with Crippen molar-refractivity contribution in [2.75, 3.05) is 25.1 Å². The minimum absolute atomic E-state index is 0.0419. The quantitative estimate of drug-likeness (QED) is 0.263. The molecule has 12 nitrogen and oxygen atoms in total. The van der Waals surface area contributed by atoms with Crippen molar-refractivity contribution in [1.29, 1.82) is 0 Å². The number of aromatic nitrogens is 2. The largest absolute Gasteiger partial charge is 0.477 e. The number of carbonyl (C=O) groups is 3. The third-order valence-electron chi connectivity index (χ3n) is 5.55. The Labute approximate surface area is 211 Å². The van der Waals surface area contributed by atoms with E-state index in [2.05, 4.69) is 20.4 Å². The monoisotopic (exact) mass is 533 g/mol. The van der Waals surface area contributed by atoms with E-state index in [0.29, 0.717) is 24.4 Å². The van der Waals surface area contributed by atoms with Gasteiger partial charge in [0.1, 0.15) is 29.9 Å². The number of oxime groups is 1. The molecular formula is C20H19N7O5S3. The molecule has 182 valence electrons. The number of β-lactam (4-membered cyclic amide) rings is 1. The maximum atomic E-state index is 13.0. The summed E-state index contributed by atoms with van der Waals surface area (Å²) in [4.78, 5) is 55.5. The molecule has 0 radical (unpaired) electrons. The number of nitrogens with zero attached hydrogens (tertiary/aromatic N) is 5. The number of carboxylic acid groups (broad SMARTS) is 1. The van der Waals surface area contributed by atoms with E-state index in [-0.39, 0.29) is 22.2 Å². The third kappa shape index (κ3) is 4.26. The molecule has 1 saturated heterocycles. The highest BCUT2D eigenvalue weighted by Crippen LogP contribution is 2.41. The Hall–Kier alpha value is -3.43. The lowest BCUT2D eigenvalue weighted by Gasteiger charge is -2.49. The summed E-state index contributed by atoms with van der Waals surface area (Å²) in [5, 5.41) is 17.6. The smallest absolute Gasteiger partial charge is 0.352 e. The van der Waals surface area contributed by atoms with Crippen LogP contribution in [0.3, 0.4) is 0 Å². The Morgan fingerprint density at radius 1 is 1.40 bits per heavy atom. The molecule has 3 aliphatic heterocycles. The highest BCUT2D eigenvalue weighted by Gasteiger charge is 2.54. The van der Waals surface area contributed by atoms with Crippen LogP contribution in [0.25, 0.3) is 6.08 Å². The molecular weight excluding hydrogens is 514 g/mol. The van der Waals surface area contributed by atoms with Gasteiger partial charge in [0.05, 0.1) is 22.6 Å². The first-order valence-corrected chi connectivity index (χ1v) is 13.1. The number of rotatable bonds is 7. The summed E-state index contributed by atoms with van der Waals surface area (Å²) in [6, 6.07) is -0.908. The summed E-state index contributed by atoms with van der Waals surface area (Å²) in [7, 11) is 1.29. The first-order valence-electron chi connectivity index (χ1n) is 10.3. The molecule has 0 aromatic carbocycles. The number of nitrogens with one attached hydrogen (secondary N) is 1. The van der Waals surface area contributed by atoms with Crippen LogP contribution >= 0.6 is 34.4 Å². The Morgan fingerprint density at radius 3 is 2.94 bits per heavy atom. The minimum atomic E-state index is -1.18. The zero-order valence-electron chi connectivity index (χ0n) is 18.2. The van der Waals surface area contributed by atoms with Gasteiger partial charge < -0.3 is 25.9 Å². The van der Waals surface area contributed by atoms with Gasteiger partial charge in [0.25, 0.3) is 11.8 Å². The van der Waals surface area contributed by atoms with Crippen molar-refractivity contribution in [2.45, 2.75) is 18.0 Å². The average molecular weight is 534 g/mol. The Bertz CT molecular complexity index is 1300. The standard InChI is InChI=1S/C20H19N7O5S3/c1-32-25-13(11-7-34-20(21)23-11)16(28)24-14-17(29)27-15(19(30)31)9(6-33-18(14)27)4-26-3-2-12-10(5-26)22-8-35-12/h2-3,7-8,14,18H,4-6H2,1H3,(H2,21,23)(H,24,28)(H,30,31)/b25-13-/t14?,18-/m1/s1. The number of carboxylic acids is 1. The van der Waals surface area contributed by atoms with E-state index < -0.39 is 29.2 Å². The van der Waals surface area contributed by atoms with Gasteiger partial charge in [-0.25, -0.2) is 14.8 Å². The van der Waals surface area contributed by atoms with Crippen LogP contribution in [0.5, 0.6) is 0 Å². The van der Waals surface area contributed by atoms with Gasteiger partial charge in [-0.2, -0.15) is 0 Å². The molecule has 0 bridgehead atoms. The number of fused-ring (bicyclic) bond motifs is 2. The van der Waals surface area contributed by atoms with Crippen molar-refractivity contribution in [3.8, 4) is 0 Å². The van der Waals surface area contributed by atoms with Gasteiger partial charge >= 0.3 is 5.97 Å². The number of thioether (sulfide) groups is 1. The lowest BCUT2D eigenvalue weighted by Crippen LogP contribution is -2.71. The van der Waals surface area contributed by atoms with Crippen molar-refractivity contribution >= 4 is 69.1 Å². The van der Waals surface area contributed by atoms with Gasteiger partial charge in [0.15, 0.2) is 10.8 Å². The van der Waals surface area contributed by atoms with Gasteiger partial charge in [-0.3, -0.25) is 14.5 Å². The fourth-order valence-corrected chi connectivity index (χ4v) is 6.58. The molecule has 5 rings (SSSR count). The van der Waals surface area contributed by atoms with Crippen molar-refractivity contribution in [3.63, 3.8) is 0 Å². The summed E-state index contributed by atoms with van der Waals surface area (Å²) < 4.78 is 0. The topological polar surface area (TPSA) is 163 Å². The van der Waals surface area contributed by atoms with Crippen LogP contribution in [0, 0.1) is 0 Å². The highest BCUT2D eigenvalue weighted by molar-refractivity contribution is 8.00. The first kappa shape index (κ1) is 23.3. The van der Waals surface area contributed by atoms with E-state index in [1.165, 1.54) is 23.8 Å². The number of nitrogen functional groups attached to an aromatic ring is 1. The third-order valence-corrected chi connectivity index (χ3v) is 8.40. The van der Waals surface area contributed by atoms with Crippen molar-refractivity contribution in [1.82, 2.24) is 25.1 Å². The molecule has 2 aromatic rings. The average Bonchev–Trinajstić information content (AvgIpc) is 3.48. The van der Waals surface area contributed by atoms with Crippen molar-refractivity contribution in [2.24, 2.45) is 5.16 Å². The van der Waals surface area contributed by atoms with Gasteiger partial charge in [-0.1, -0.05) is 5.16 Å². The molecule has 1 fully saturated rings. The fourth-order valence-electron chi connectivity index (χ4n) is 4.01. The SMILES string of the molecule is CO/N=C(\C(=O)NC1C(=O)N2C(C(=O)O)=C(CN3C=Cc4scnc4C3)CS[C@H]12)c1csc(N)n1. The van der Waals surface area contributed by atoms with E-state index in [0.717, 1.165) is 21.9 Å². The predicted octanol–water partition coefficient (Wildman–Crippen LogP) is 0.757. The molecule has 5 heterocycles. The molecule has 0 spiro atoms. The molecule has 2 amide bonds. The lowest BCUT2D eigenvalue weighted by molar-refractivity contribution is -0.150. The van der Waals surface area contributed by atoms with Crippen LogP contribution in [0.1, 0.15) is 16.3 Å². The number of aliphatic carboxylic acids is 1. The Morgan fingerprint density at radius 2 is 2.23 bits per heavy atom. The zero-order valence-corrected chi connectivity index (χ0v) is 20.7. The van der Waals surface area contributed by atoms with E-state index in [1.807, 2.05) is 17.2 Å². The first-order chi connectivity index (χ1) is 16.9. The molecule has 3 aliphatic rings. The molecule has 35 heavy (non-hydrogen) atoms. The molecule has 1 unspecified atom stereocenters. The Kier molecular flexibility index (Phi) is 6.21. The van der Waals surface area contributed by atoms with Gasteiger partial charge in [0, 0.05) is 23.9 Å². The molecule has 2 atom stereocenters. The summed E-state index contributed by atoms with van der Waals surface area (Å²) in [6.45, 7) is 0.917. The second-order valence-corrected chi connectivity index (χ2v) is 10.6. The minimum Gasteiger partial charge on any atom is -0.477 e. The zero-order chi connectivity index (χ0) is 24.7. The van der Waals surface area contributed by atoms with Crippen LogP contribution in [-0.4, -0.2) is 79.2 Å². The van der Waals surface area contributed by atoms with E-state index in [9.17, 15) is 19.5 Å². The van der Waals surface area contributed by atoms with Crippen LogP contribution in [0.4, 0.5) is 5.13 Å². The molecule has 15 heteroatoms. The second-order valence-electron chi connectivity index (χ2n) is 7.70. The number of nitrogens with two attached hydrogens (primary N) is 1. The number of amides is 2. The van der Waals surface area contributed by atoms with E-state index in [1.54, 1.807) is 22.2 Å². The number of hydrogen-bond donors (Lipinski definition) is 3. The van der Waals surface area contributed by atoms with Crippen LogP contribution in [0.2, 0.25) is 0 Å². The Balaban J connectivity index is 1.32. The van der Waals surface area contributed by atoms with Gasteiger partial charge in [0.2, 0.25) is 0 Å². The summed E-state index contributed by atoms with van der Waals surface area (Å²) in [5.74, 6) is -1.95. The molecule has 0 aliphatic carbocycles. The van der Waals surface area contributed by atoms with Crippen LogP contribution in [0.15, 0.2) is 33.5 Å². The number of carbonyl (C=O) groups excluding carboxylic acids is 2. The maximum absolute atomic E-state index is 13.0. The van der Waals surface area contributed by atoms with Gasteiger partial charge in [-0.15, -0.1) is 34.4 Å². The summed E-state index contributed by atoms with van der Waals surface area (Å²) in [6.07, 6.45) is 3.86.